The van der Waals surface area contributed by atoms with Crippen LogP contribution in [0.2, 0.25) is 0 Å². The fraction of sp³-hybridized carbons (Fsp3) is 0.250. The summed E-state index contributed by atoms with van der Waals surface area (Å²) in [7, 11) is 0. The van der Waals surface area contributed by atoms with Crippen LogP contribution in [0.4, 0.5) is 4.79 Å². The zero-order valence-corrected chi connectivity index (χ0v) is 6.18. The molecule has 2 amide bonds. The summed E-state index contributed by atoms with van der Waals surface area (Å²) in [5.41, 5.74) is 4.62. The second-order valence-electron chi connectivity index (χ2n) is 1.64. The lowest BCUT2D eigenvalue weighted by Gasteiger charge is -1.91. The molecular formula is C4H5N3O3S. The Morgan fingerprint density at radius 3 is 3.00 bits per heavy atom. The summed E-state index contributed by atoms with van der Waals surface area (Å²) >= 11 is 1.15. The first-order chi connectivity index (χ1) is 5.18. The van der Waals surface area contributed by atoms with Crippen LogP contribution in [-0.2, 0) is 9.63 Å². The third-order valence-electron chi connectivity index (χ3n) is 0.805. The normalized spacial score (nSPS) is 20.0. The second kappa shape index (κ2) is 3.24. The van der Waals surface area contributed by atoms with Crippen molar-refractivity contribution in [3.63, 3.8) is 0 Å². The van der Waals surface area contributed by atoms with Gasteiger partial charge in [0.1, 0.15) is 0 Å². The zero-order chi connectivity index (χ0) is 8.27. The molecule has 1 fully saturated rings. The summed E-state index contributed by atoms with van der Waals surface area (Å²) in [6, 6.07) is 0. The van der Waals surface area contributed by atoms with Crippen molar-refractivity contribution < 1.29 is 14.4 Å². The molecule has 11 heavy (non-hydrogen) atoms. The van der Waals surface area contributed by atoms with E-state index in [2.05, 4.69) is 21.0 Å². The van der Waals surface area contributed by atoms with E-state index < -0.39 is 6.09 Å². The molecule has 0 radical (unpaired) electrons. The van der Waals surface area contributed by atoms with E-state index in [1.807, 2.05) is 0 Å². The summed E-state index contributed by atoms with van der Waals surface area (Å²) in [6.07, 6.45) is -1.00. The summed E-state index contributed by atoms with van der Waals surface area (Å²) in [5, 5.41) is 5.85. The van der Waals surface area contributed by atoms with Crippen molar-refractivity contribution in [3.8, 4) is 0 Å². The van der Waals surface area contributed by atoms with Crippen LogP contribution in [0, 0.1) is 0 Å². The van der Waals surface area contributed by atoms with Gasteiger partial charge in [0, 0.05) is 0 Å². The Morgan fingerprint density at radius 1 is 1.82 bits per heavy atom. The smallest absolute Gasteiger partial charge is 0.333 e. The minimum absolute atomic E-state index is 0.165. The number of nitrogens with two attached hydrogens (primary N) is 1. The van der Waals surface area contributed by atoms with Gasteiger partial charge in [-0.25, -0.2) is 4.79 Å². The monoisotopic (exact) mass is 175 g/mol. The van der Waals surface area contributed by atoms with Crippen molar-refractivity contribution in [2.24, 2.45) is 10.9 Å². The van der Waals surface area contributed by atoms with Crippen LogP contribution in [0.5, 0.6) is 0 Å². The topological polar surface area (TPSA) is 93.8 Å². The number of rotatable bonds is 1. The highest BCUT2D eigenvalue weighted by Crippen LogP contribution is 2.08. The van der Waals surface area contributed by atoms with Crippen LogP contribution in [0.15, 0.2) is 5.16 Å². The maximum Gasteiger partial charge on any atom is 0.430 e. The highest BCUT2D eigenvalue weighted by Gasteiger charge is 2.17. The van der Waals surface area contributed by atoms with Gasteiger partial charge in [0.25, 0.3) is 0 Å². The number of amidine groups is 1. The Kier molecular flexibility index (Phi) is 2.32. The number of primary amides is 1. The van der Waals surface area contributed by atoms with Crippen LogP contribution >= 0.6 is 11.8 Å². The van der Waals surface area contributed by atoms with Crippen molar-refractivity contribution in [1.29, 1.82) is 0 Å². The largest absolute Gasteiger partial charge is 0.430 e. The SMILES string of the molecule is NC(=O)ON=C1NC(=O)CS1. The number of carbonyl (C=O) groups is 2. The molecule has 7 heteroatoms. The fourth-order valence-corrected chi connectivity index (χ4v) is 1.08. The summed E-state index contributed by atoms with van der Waals surface area (Å²) in [5.74, 6) is 0.128. The molecular weight excluding hydrogens is 170 g/mol. The Bertz CT molecular complexity index is 227. The fourth-order valence-electron chi connectivity index (χ4n) is 0.461. The number of hydrogen-bond acceptors (Lipinski definition) is 5. The molecule has 0 aromatic carbocycles. The molecule has 6 nitrogen and oxygen atoms in total. The van der Waals surface area contributed by atoms with Gasteiger partial charge in [0.15, 0.2) is 0 Å². The first-order valence-corrected chi connectivity index (χ1v) is 3.64. The van der Waals surface area contributed by atoms with Gasteiger partial charge in [0.2, 0.25) is 11.1 Å². The van der Waals surface area contributed by atoms with Crippen LogP contribution in [0.1, 0.15) is 0 Å². The first-order valence-electron chi connectivity index (χ1n) is 2.65. The van der Waals surface area contributed by atoms with Crippen molar-refractivity contribution >= 4 is 28.9 Å². The number of oxime groups is 1. The molecule has 0 atom stereocenters. The van der Waals surface area contributed by atoms with Crippen LogP contribution < -0.4 is 11.1 Å². The van der Waals surface area contributed by atoms with E-state index in [4.69, 9.17) is 0 Å². The molecule has 60 valence electrons. The molecule has 0 aromatic rings. The first kappa shape index (κ1) is 7.86. The van der Waals surface area contributed by atoms with E-state index in [1.54, 1.807) is 0 Å². The third kappa shape index (κ3) is 2.46. The lowest BCUT2D eigenvalue weighted by Crippen LogP contribution is -2.21. The van der Waals surface area contributed by atoms with E-state index in [0.29, 0.717) is 5.75 Å². The van der Waals surface area contributed by atoms with E-state index in [-0.39, 0.29) is 11.1 Å². The van der Waals surface area contributed by atoms with Gasteiger partial charge in [-0.1, -0.05) is 11.8 Å². The molecule has 1 aliphatic rings. The number of nitrogens with one attached hydrogen (secondary N) is 1. The molecule has 0 unspecified atom stereocenters. The Labute approximate surface area is 66.1 Å². The van der Waals surface area contributed by atoms with E-state index >= 15 is 0 Å². The number of amides is 2. The Hall–Kier alpha value is -1.24. The van der Waals surface area contributed by atoms with Gasteiger partial charge in [-0.15, -0.1) is 0 Å². The van der Waals surface area contributed by atoms with Gasteiger partial charge >= 0.3 is 6.09 Å². The third-order valence-corrected chi connectivity index (χ3v) is 1.66. The number of thioether (sulfide) groups is 1. The van der Waals surface area contributed by atoms with Crippen LogP contribution in [0.3, 0.4) is 0 Å². The van der Waals surface area contributed by atoms with Crippen molar-refractivity contribution in [3.05, 3.63) is 0 Å². The maximum absolute atomic E-state index is 10.5. The minimum Gasteiger partial charge on any atom is -0.333 e. The van der Waals surface area contributed by atoms with Gasteiger partial charge in [-0.3, -0.25) is 9.63 Å². The van der Waals surface area contributed by atoms with Gasteiger partial charge in [-0.2, -0.15) is 0 Å². The molecule has 1 rings (SSSR count). The van der Waals surface area contributed by atoms with Gasteiger partial charge in [-0.05, 0) is 5.16 Å². The molecule has 0 saturated carbocycles. The average Bonchev–Trinajstić information content (AvgIpc) is 2.31. The van der Waals surface area contributed by atoms with E-state index in [0.717, 1.165) is 11.8 Å². The molecule has 0 spiro atoms. The standard InChI is InChI=1S/C4H5N3O3S/c5-3(9)10-7-4-6-2(8)1-11-4/h1H2,(H2,5,9)(H,6,7,8). The second-order valence-corrected chi connectivity index (χ2v) is 2.61. The summed E-state index contributed by atoms with van der Waals surface area (Å²) in [6.45, 7) is 0. The molecule has 1 heterocycles. The number of hydrogen-bond donors (Lipinski definition) is 2. The van der Waals surface area contributed by atoms with Gasteiger partial charge in [0.05, 0.1) is 5.75 Å². The molecule has 0 aliphatic carbocycles. The van der Waals surface area contributed by atoms with Crippen LogP contribution in [0.25, 0.3) is 0 Å². The zero-order valence-electron chi connectivity index (χ0n) is 5.36. The Morgan fingerprint density at radius 2 is 2.55 bits per heavy atom. The highest BCUT2D eigenvalue weighted by atomic mass is 32.2. The molecule has 0 aromatic heterocycles. The van der Waals surface area contributed by atoms with E-state index in [1.165, 1.54) is 0 Å². The molecule has 0 bridgehead atoms. The van der Waals surface area contributed by atoms with Crippen LogP contribution in [-0.4, -0.2) is 22.9 Å². The molecule has 3 N–H and O–H groups in total. The number of nitrogens with zero attached hydrogens (tertiary/aromatic N) is 1. The highest BCUT2D eigenvalue weighted by molar-refractivity contribution is 8.15. The predicted octanol–water partition coefficient (Wildman–Crippen LogP) is -0.784. The number of carbonyl (C=O) groups excluding carboxylic acids is 2. The predicted molar refractivity (Wildman–Crippen MR) is 38.7 cm³/mol. The lowest BCUT2D eigenvalue weighted by molar-refractivity contribution is -0.116. The minimum atomic E-state index is -1.00. The van der Waals surface area contributed by atoms with Crippen molar-refractivity contribution in [2.45, 2.75) is 0 Å². The van der Waals surface area contributed by atoms with E-state index in [9.17, 15) is 9.59 Å². The van der Waals surface area contributed by atoms with Gasteiger partial charge < -0.3 is 11.1 Å². The summed E-state index contributed by atoms with van der Waals surface area (Å²) in [4.78, 5) is 24.6. The Balaban J connectivity index is 2.42. The van der Waals surface area contributed by atoms with Crippen molar-refractivity contribution in [1.82, 2.24) is 5.32 Å². The van der Waals surface area contributed by atoms with Crippen molar-refractivity contribution in [2.75, 3.05) is 5.75 Å². The molecule has 1 aliphatic heterocycles. The average molecular weight is 175 g/mol. The summed E-state index contributed by atoms with van der Waals surface area (Å²) < 4.78 is 0. The maximum atomic E-state index is 10.5. The lowest BCUT2D eigenvalue weighted by atomic mass is 10.7. The molecule has 1 saturated heterocycles. The quantitative estimate of drug-likeness (QED) is 0.403.